The van der Waals surface area contributed by atoms with E-state index in [9.17, 15) is 13.2 Å². The molecule has 0 amide bonds. The van der Waals surface area contributed by atoms with Crippen molar-refractivity contribution in [2.75, 3.05) is 19.7 Å². The first-order valence-corrected chi connectivity index (χ1v) is 14.2. The first-order chi connectivity index (χ1) is 20.7. The lowest BCUT2D eigenvalue weighted by Gasteiger charge is -2.29. The molecule has 0 fully saturated rings. The molecule has 0 aliphatic rings. The molecule has 0 bridgehead atoms. The van der Waals surface area contributed by atoms with Crippen molar-refractivity contribution in [3.63, 3.8) is 0 Å². The molecule has 0 radical (unpaired) electrons. The van der Waals surface area contributed by atoms with Gasteiger partial charge in [0.15, 0.2) is 0 Å². The van der Waals surface area contributed by atoms with Crippen LogP contribution in [0, 0.1) is 5.41 Å². The summed E-state index contributed by atoms with van der Waals surface area (Å²) in [5.41, 5.74) is 2.65. The molecule has 0 aromatic heterocycles. The van der Waals surface area contributed by atoms with Gasteiger partial charge in [-0.25, -0.2) is 0 Å². The lowest BCUT2D eigenvalue weighted by Crippen LogP contribution is -2.31. The minimum atomic E-state index is -4.54. The first-order valence-electron chi connectivity index (χ1n) is 13.8. The molecule has 224 valence electrons. The molecule has 0 spiro atoms. The number of hydrogen-bond acceptors (Lipinski definition) is 4. The summed E-state index contributed by atoms with van der Waals surface area (Å²) in [4.78, 5) is 2.13. The third-order valence-electron chi connectivity index (χ3n) is 6.96. The number of nitrogens with one attached hydrogen (secondary N) is 1. The zero-order valence-electron chi connectivity index (χ0n) is 23.5. The highest BCUT2D eigenvalue weighted by Crippen LogP contribution is 2.37. The van der Waals surface area contributed by atoms with E-state index in [1.165, 1.54) is 6.07 Å². The predicted octanol–water partition coefficient (Wildman–Crippen LogP) is 8.31. The zero-order chi connectivity index (χ0) is 30.7. The molecule has 3 N–H and O–H groups in total. The van der Waals surface area contributed by atoms with Crippen LogP contribution < -0.4 is 10.6 Å². The summed E-state index contributed by atoms with van der Waals surface area (Å²) in [5, 5.41) is 14.2. The molecular weight excluding hydrogens is 575 g/mol. The number of halogens is 4. The van der Waals surface area contributed by atoms with Crippen LogP contribution in [0.2, 0.25) is 5.02 Å². The molecule has 4 aromatic carbocycles. The van der Waals surface area contributed by atoms with Crippen molar-refractivity contribution in [2.24, 2.45) is 16.2 Å². The van der Waals surface area contributed by atoms with E-state index in [1.54, 1.807) is 6.07 Å². The topological polar surface area (TPSA) is 87.1 Å². The second kappa shape index (κ2) is 15.3. The summed E-state index contributed by atoms with van der Waals surface area (Å²) < 4.78 is 46.9. The van der Waals surface area contributed by atoms with Gasteiger partial charge >= 0.3 is 6.18 Å². The number of benzene rings is 4. The maximum atomic E-state index is 13.6. The Labute approximate surface area is 254 Å². The van der Waals surface area contributed by atoms with E-state index in [2.05, 4.69) is 39.5 Å². The van der Waals surface area contributed by atoms with Crippen molar-refractivity contribution in [1.29, 1.82) is 5.41 Å². The van der Waals surface area contributed by atoms with Crippen LogP contribution in [0.5, 0.6) is 5.75 Å². The molecule has 6 nitrogen and oxygen atoms in total. The van der Waals surface area contributed by atoms with Gasteiger partial charge in [0.05, 0.1) is 17.2 Å². The van der Waals surface area contributed by atoms with Gasteiger partial charge in [0.25, 0.3) is 0 Å². The van der Waals surface area contributed by atoms with Crippen LogP contribution in [0.3, 0.4) is 0 Å². The average Bonchev–Trinajstić information content (AvgIpc) is 2.99. The highest BCUT2D eigenvalue weighted by Gasteiger charge is 2.34. The van der Waals surface area contributed by atoms with Crippen LogP contribution in [0.15, 0.2) is 113 Å². The van der Waals surface area contributed by atoms with Crippen molar-refractivity contribution >= 4 is 17.4 Å². The van der Waals surface area contributed by atoms with E-state index in [-0.39, 0.29) is 29.7 Å². The maximum absolute atomic E-state index is 13.6. The quantitative estimate of drug-likeness (QED) is 0.0400. The molecule has 0 aliphatic carbocycles. The number of amidine groups is 1. The Morgan fingerprint density at radius 1 is 0.907 bits per heavy atom. The molecule has 4 rings (SSSR count). The van der Waals surface area contributed by atoms with E-state index in [1.807, 2.05) is 60.7 Å². The van der Waals surface area contributed by atoms with Crippen molar-refractivity contribution in [3.05, 3.63) is 136 Å². The van der Waals surface area contributed by atoms with Crippen LogP contribution >= 0.6 is 11.6 Å². The second-order valence-electron chi connectivity index (χ2n) is 10.1. The fourth-order valence-corrected chi connectivity index (χ4v) is 5.24. The van der Waals surface area contributed by atoms with E-state index in [0.29, 0.717) is 37.4 Å². The number of alkyl halides is 3. The summed E-state index contributed by atoms with van der Waals surface area (Å²) in [5.74, 6) is 5.70. The number of nitrogens with zero attached hydrogens (tertiary/aromatic N) is 3. The van der Waals surface area contributed by atoms with Gasteiger partial charge < -0.3 is 10.6 Å². The minimum Gasteiger partial charge on any atom is -0.494 e. The lowest BCUT2D eigenvalue weighted by molar-refractivity contribution is -0.137. The standard InChI is InChI=1S/C33H33ClF3N5O/c34-32-27(15-8-17-30(32)33(35,36)37)22-42(23-29(25-11-3-1-4-12-25)26-13-5-2-6-14-26)18-9-19-43-28-16-7-10-24(20-28)21-31(38)40-41-39/h1-8,10-17,20,29H,9,18-19,21-23H2,(H3,38,39,40). The van der Waals surface area contributed by atoms with Gasteiger partial charge in [0.2, 0.25) is 0 Å². The van der Waals surface area contributed by atoms with Crippen molar-refractivity contribution < 1.29 is 17.9 Å². The fraction of sp³-hybridized carbons (Fsp3) is 0.242. The molecule has 0 unspecified atom stereocenters. The maximum Gasteiger partial charge on any atom is 0.417 e. The summed E-state index contributed by atoms with van der Waals surface area (Å²) in [6.45, 7) is 1.75. The molecular formula is C33H33ClF3N5O. The number of hydrogen-bond donors (Lipinski definition) is 2. The molecule has 0 heterocycles. The Morgan fingerprint density at radius 3 is 2.19 bits per heavy atom. The Morgan fingerprint density at radius 2 is 1.56 bits per heavy atom. The van der Waals surface area contributed by atoms with Crippen LogP contribution in [0.25, 0.3) is 0 Å². The van der Waals surface area contributed by atoms with E-state index < -0.39 is 11.7 Å². The number of rotatable bonds is 13. The van der Waals surface area contributed by atoms with Crippen LogP contribution in [0.4, 0.5) is 13.2 Å². The van der Waals surface area contributed by atoms with Crippen molar-refractivity contribution in [2.45, 2.75) is 31.5 Å². The van der Waals surface area contributed by atoms with E-state index in [0.717, 1.165) is 22.8 Å². The van der Waals surface area contributed by atoms with E-state index in [4.69, 9.17) is 27.6 Å². The summed E-state index contributed by atoms with van der Waals surface area (Å²) in [7, 11) is 0. The molecule has 0 saturated heterocycles. The van der Waals surface area contributed by atoms with Crippen LogP contribution in [-0.4, -0.2) is 30.4 Å². The number of ether oxygens (including phenoxy) is 1. The van der Waals surface area contributed by atoms with Crippen LogP contribution in [0.1, 0.15) is 40.2 Å². The molecule has 0 atom stereocenters. The molecule has 43 heavy (non-hydrogen) atoms. The van der Waals surface area contributed by atoms with Gasteiger partial charge in [-0.15, -0.1) is 5.11 Å². The SMILES string of the molecule is N=C(Cc1cccc(OCCCN(Cc2cccc(C(F)(F)F)c2Cl)CC(c2ccccc2)c2ccccc2)c1)N=NN. The summed E-state index contributed by atoms with van der Waals surface area (Å²) in [6.07, 6.45) is -3.65. The molecule has 0 saturated carbocycles. The largest absolute Gasteiger partial charge is 0.494 e. The third kappa shape index (κ3) is 9.39. The van der Waals surface area contributed by atoms with Gasteiger partial charge in [-0.3, -0.25) is 10.3 Å². The Bertz CT molecular complexity index is 1460. The van der Waals surface area contributed by atoms with Crippen molar-refractivity contribution in [3.8, 4) is 5.75 Å². The Hall–Kier alpha value is -4.21. The second-order valence-corrected chi connectivity index (χ2v) is 10.5. The first kappa shape index (κ1) is 31.7. The lowest BCUT2D eigenvalue weighted by atomic mass is 9.90. The molecule has 0 aliphatic heterocycles. The monoisotopic (exact) mass is 607 g/mol. The van der Waals surface area contributed by atoms with E-state index >= 15 is 0 Å². The average molecular weight is 608 g/mol. The highest BCUT2D eigenvalue weighted by atomic mass is 35.5. The van der Waals surface area contributed by atoms with Crippen LogP contribution in [-0.2, 0) is 19.1 Å². The van der Waals surface area contributed by atoms with Gasteiger partial charge in [0.1, 0.15) is 11.6 Å². The minimum absolute atomic E-state index is 0.00874. The molecule has 10 heteroatoms. The number of nitrogens with two attached hydrogens (primary N) is 1. The smallest absolute Gasteiger partial charge is 0.417 e. The van der Waals surface area contributed by atoms with Gasteiger partial charge in [-0.05, 0) is 46.9 Å². The zero-order valence-corrected chi connectivity index (χ0v) is 24.2. The van der Waals surface area contributed by atoms with Gasteiger partial charge in [-0.2, -0.15) is 13.2 Å². The van der Waals surface area contributed by atoms with Gasteiger partial charge in [0, 0.05) is 32.0 Å². The van der Waals surface area contributed by atoms with Crippen molar-refractivity contribution in [1.82, 2.24) is 4.90 Å². The highest BCUT2D eigenvalue weighted by molar-refractivity contribution is 6.32. The Balaban J connectivity index is 1.52. The predicted molar refractivity (Wildman–Crippen MR) is 163 cm³/mol. The Kier molecular flexibility index (Phi) is 11.3. The van der Waals surface area contributed by atoms with Gasteiger partial charge in [-0.1, -0.05) is 102 Å². The summed E-state index contributed by atoms with van der Waals surface area (Å²) in [6, 6.07) is 31.6. The fourth-order valence-electron chi connectivity index (χ4n) is 4.95. The molecule has 4 aromatic rings. The normalized spacial score (nSPS) is 11.9. The third-order valence-corrected chi connectivity index (χ3v) is 7.40. The summed E-state index contributed by atoms with van der Waals surface area (Å²) >= 11 is 6.31.